The Morgan fingerprint density at radius 3 is 3.06 bits per heavy atom. The second-order valence-corrected chi connectivity index (χ2v) is 4.52. The lowest BCUT2D eigenvalue weighted by molar-refractivity contribution is 0.138. The number of benzene rings is 1. The van der Waals surface area contributed by atoms with E-state index in [1.54, 1.807) is 17.0 Å². The van der Waals surface area contributed by atoms with Crippen molar-refractivity contribution < 1.29 is 4.74 Å². The highest BCUT2D eigenvalue weighted by molar-refractivity contribution is 9.10. The van der Waals surface area contributed by atoms with E-state index in [1.165, 1.54) is 0 Å². The van der Waals surface area contributed by atoms with Crippen LogP contribution in [0.1, 0.15) is 6.92 Å². The van der Waals surface area contributed by atoms with Gasteiger partial charge in [-0.05, 0) is 25.1 Å². The van der Waals surface area contributed by atoms with Crippen LogP contribution in [0.15, 0.2) is 33.8 Å². The molecule has 0 N–H and O–H groups in total. The van der Waals surface area contributed by atoms with E-state index in [-0.39, 0.29) is 5.56 Å². The summed E-state index contributed by atoms with van der Waals surface area (Å²) in [5, 5.41) is 0.632. The van der Waals surface area contributed by atoms with Crippen LogP contribution in [0, 0.1) is 0 Å². The number of rotatable bonds is 4. The van der Waals surface area contributed by atoms with Gasteiger partial charge in [-0.15, -0.1) is 0 Å². The highest BCUT2D eigenvalue weighted by atomic mass is 79.9. The highest BCUT2D eigenvalue weighted by Gasteiger charge is 2.04. The number of aromatic nitrogens is 2. The number of halogens is 1. The van der Waals surface area contributed by atoms with Gasteiger partial charge in [0.05, 0.1) is 30.4 Å². The number of hydrogen-bond acceptors (Lipinski definition) is 3. The van der Waals surface area contributed by atoms with Crippen LogP contribution >= 0.6 is 15.9 Å². The van der Waals surface area contributed by atoms with Gasteiger partial charge in [0.25, 0.3) is 5.56 Å². The standard InChI is InChI=1S/C12H13BrN2O2/c1-2-17-6-5-15-8-14-11-7-9(13)3-4-10(11)12(15)16/h3-4,7-8H,2,5-6H2,1H3. The zero-order chi connectivity index (χ0) is 12.3. The predicted molar refractivity (Wildman–Crippen MR) is 70.2 cm³/mol. The van der Waals surface area contributed by atoms with E-state index in [4.69, 9.17) is 4.74 Å². The summed E-state index contributed by atoms with van der Waals surface area (Å²) in [4.78, 5) is 16.3. The monoisotopic (exact) mass is 296 g/mol. The summed E-state index contributed by atoms with van der Waals surface area (Å²) >= 11 is 3.36. The summed E-state index contributed by atoms with van der Waals surface area (Å²) in [6, 6.07) is 5.47. The molecule has 0 radical (unpaired) electrons. The van der Waals surface area contributed by atoms with E-state index in [0.717, 1.165) is 4.47 Å². The van der Waals surface area contributed by atoms with Gasteiger partial charge in [-0.1, -0.05) is 15.9 Å². The van der Waals surface area contributed by atoms with E-state index in [2.05, 4.69) is 20.9 Å². The summed E-state index contributed by atoms with van der Waals surface area (Å²) < 4.78 is 7.72. The number of ether oxygens (including phenoxy) is 1. The van der Waals surface area contributed by atoms with Gasteiger partial charge in [0, 0.05) is 11.1 Å². The highest BCUT2D eigenvalue weighted by Crippen LogP contribution is 2.14. The van der Waals surface area contributed by atoms with Crippen molar-refractivity contribution in [2.45, 2.75) is 13.5 Å². The molecular formula is C12H13BrN2O2. The van der Waals surface area contributed by atoms with Gasteiger partial charge in [0.15, 0.2) is 0 Å². The summed E-state index contributed by atoms with van der Waals surface area (Å²) in [6.45, 7) is 3.65. The Bertz CT molecular complexity index is 580. The second kappa shape index (κ2) is 5.42. The molecule has 0 saturated carbocycles. The second-order valence-electron chi connectivity index (χ2n) is 3.60. The van der Waals surface area contributed by atoms with E-state index in [0.29, 0.717) is 30.7 Å². The molecule has 0 aliphatic rings. The quantitative estimate of drug-likeness (QED) is 0.813. The van der Waals surface area contributed by atoms with Crippen LogP contribution in [0.4, 0.5) is 0 Å². The Labute approximate surface area is 107 Å². The molecule has 1 aromatic carbocycles. The van der Waals surface area contributed by atoms with Gasteiger partial charge >= 0.3 is 0 Å². The summed E-state index contributed by atoms with van der Waals surface area (Å²) in [5.74, 6) is 0. The van der Waals surface area contributed by atoms with E-state index < -0.39 is 0 Å². The van der Waals surface area contributed by atoms with Crippen molar-refractivity contribution in [1.82, 2.24) is 9.55 Å². The minimum absolute atomic E-state index is 0.0257. The average molecular weight is 297 g/mol. The smallest absolute Gasteiger partial charge is 0.261 e. The molecule has 0 aliphatic carbocycles. The maximum absolute atomic E-state index is 12.1. The van der Waals surface area contributed by atoms with Crippen molar-refractivity contribution in [3.63, 3.8) is 0 Å². The first-order chi connectivity index (χ1) is 8.22. The number of nitrogens with zero attached hydrogens (tertiary/aromatic N) is 2. The maximum Gasteiger partial charge on any atom is 0.261 e. The van der Waals surface area contributed by atoms with Crippen molar-refractivity contribution in [3.8, 4) is 0 Å². The Kier molecular flexibility index (Phi) is 3.91. The normalized spacial score (nSPS) is 10.9. The Morgan fingerprint density at radius 2 is 2.29 bits per heavy atom. The van der Waals surface area contributed by atoms with Crippen LogP contribution in [-0.2, 0) is 11.3 Å². The fourth-order valence-electron chi connectivity index (χ4n) is 1.60. The topological polar surface area (TPSA) is 44.1 Å². The zero-order valence-corrected chi connectivity index (χ0v) is 11.1. The summed E-state index contributed by atoms with van der Waals surface area (Å²) in [7, 11) is 0. The van der Waals surface area contributed by atoms with Crippen LogP contribution in [0.5, 0.6) is 0 Å². The molecule has 17 heavy (non-hydrogen) atoms. The lowest BCUT2D eigenvalue weighted by atomic mass is 10.2. The largest absolute Gasteiger partial charge is 0.380 e. The van der Waals surface area contributed by atoms with E-state index >= 15 is 0 Å². The average Bonchev–Trinajstić information content (AvgIpc) is 2.32. The maximum atomic E-state index is 12.1. The van der Waals surface area contributed by atoms with Crippen LogP contribution in [-0.4, -0.2) is 22.8 Å². The van der Waals surface area contributed by atoms with Crippen LogP contribution in [0.2, 0.25) is 0 Å². The molecule has 0 fully saturated rings. The Morgan fingerprint density at radius 1 is 1.47 bits per heavy atom. The van der Waals surface area contributed by atoms with Crippen LogP contribution in [0.3, 0.4) is 0 Å². The molecule has 1 aromatic heterocycles. The molecule has 4 nitrogen and oxygen atoms in total. The molecule has 0 atom stereocenters. The van der Waals surface area contributed by atoms with E-state index in [9.17, 15) is 4.79 Å². The fraction of sp³-hybridized carbons (Fsp3) is 0.333. The minimum Gasteiger partial charge on any atom is -0.380 e. The van der Waals surface area contributed by atoms with Crippen molar-refractivity contribution in [2.24, 2.45) is 0 Å². The van der Waals surface area contributed by atoms with Crippen molar-refractivity contribution in [1.29, 1.82) is 0 Å². The molecule has 2 aromatic rings. The minimum atomic E-state index is -0.0257. The predicted octanol–water partition coefficient (Wildman–Crippen LogP) is 2.20. The molecule has 5 heteroatoms. The fourth-order valence-corrected chi connectivity index (χ4v) is 1.95. The van der Waals surface area contributed by atoms with Gasteiger partial charge in [0.1, 0.15) is 0 Å². The molecule has 1 heterocycles. The van der Waals surface area contributed by atoms with Gasteiger partial charge in [-0.2, -0.15) is 0 Å². The van der Waals surface area contributed by atoms with Crippen molar-refractivity contribution in [3.05, 3.63) is 39.4 Å². The number of fused-ring (bicyclic) bond motifs is 1. The third-order valence-electron chi connectivity index (χ3n) is 2.47. The van der Waals surface area contributed by atoms with E-state index in [1.807, 2.05) is 19.1 Å². The summed E-state index contributed by atoms with van der Waals surface area (Å²) in [5.41, 5.74) is 0.680. The van der Waals surface area contributed by atoms with Gasteiger partial charge in [0.2, 0.25) is 0 Å². The third kappa shape index (κ3) is 2.73. The first kappa shape index (κ1) is 12.3. The van der Waals surface area contributed by atoms with Gasteiger partial charge in [-0.3, -0.25) is 9.36 Å². The third-order valence-corrected chi connectivity index (χ3v) is 2.96. The lowest BCUT2D eigenvalue weighted by Crippen LogP contribution is -2.22. The molecule has 0 amide bonds. The number of hydrogen-bond donors (Lipinski definition) is 0. The van der Waals surface area contributed by atoms with Crippen LogP contribution in [0.25, 0.3) is 10.9 Å². The first-order valence-corrected chi connectivity index (χ1v) is 6.24. The molecule has 0 unspecified atom stereocenters. The molecule has 0 spiro atoms. The molecular weight excluding hydrogens is 284 g/mol. The molecule has 2 rings (SSSR count). The molecule has 0 saturated heterocycles. The SMILES string of the molecule is CCOCCn1cnc2cc(Br)ccc2c1=O. The first-order valence-electron chi connectivity index (χ1n) is 5.45. The molecule has 0 aliphatic heterocycles. The van der Waals surface area contributed by atoms with Crippen molar-refractivity contribution in [2.75, 3.05) is 13.2 Å². The Hall–Kier alpha value is -1.20. The molecule has 0 bridgehead atoms. The van der Waals surface area contributed by atoms with Crippen LogP contribution < -0.4 is 5.56 Å². The Balaban J connectivity index is 2.37. The van der Waals surface area contributed by atoms with Crippen molar-refractivity contribution >= 4 is 26.8 Å². The van der Waals surface area contributed by atoms with Gasteiger partial charge in [-0.25, -0.2) is 4.98 Å². The lowest BCUT2D eigenvalue weighted by Gasteiger charge is -2.06. The summed E-state index contributed by atoms with van der Waals surface area (Å²) in [6.07, 6.45) is 1.57. The van der Waals surface area contributed by atoms with Gasteiger partial charge < -0.3 is 4.74 Å². The molecule has 90 valence electrons. The zero-order valence-electron chi connectivity index (χ0n) is 9.52.